The van der Waals surface area contributed by atoms with E-state index in [1.807, 2.05) is 0 Å². The topological polar surface area (TPSA) is 12.0 Å². The molecule has 1 aliphatic carbocycles. The first kappa shape index (κ1) is 17.6. The molecule has 1 aliphatic rings. The fourth-order valence-corrected chi connectivity index (χ4v) is 2.99. The molecule has 0 radical (unpaired) electrons. The molecule has 120 valence electrons. The van der Waals surface area contributed by atoms with Gasteiger partial charge in [-0.15, -0.1) is 0 Å². The van der Waals surface area contributed by atoms with Gasteiger partial charge < -0.3 is 5.32 Å². The Labute approximate surface area is 115 Å². The van der Waals surface area contributed by atoms with Crippen LogP contribution in [0.4, 0.5) is 26.3 Å². The van der Waals surface area contributed by atoms with Gasteiger partial charge in [0.15, 0.2) is 0 Å². The summed E-state index contributed by atoms with van der Waals surface area (Å²) in [5.74, 6) is -1.20. The summed E-state index contributed by atoms with van der Waals surface area (Å²) in [5.41, 5.74) is 0. The first-order chi connectivity index (χ1) is 9.13. The summed E-state index contributed by atoms with van der Waals surface area (Å²) in [6.07, 6.45) is -7.71. The zero-order chi connectivity index (χ0) is 15.4. The molecule has 0 heterocycles. The predicted octanol–water partition coefficient (Wildman–Crippen LogP) is 4.68. The second-order valence-electron chi connectivity index (χ2n) is 5.56. The fraction of sp³-hybridized carbons (Fsp3) is 1.00. The molecule has 1 atom stereocenters. The van der Waals surface area contributed by atoms with Gasteiger partial charge in [0.2, 0.25) is 0 Å². The molecule has 0 spiro atoms. The Balaban J connectivity index is 2.37. The largest absolute Gasteiger partial charge is 0.391 e. The second-order valence-corrected chi connectivity index (χ2v) is 5.56. The van der Waals surface area contributed by atoms with Gasteiger partial charge in [0.05, 0.1) is 5.92 Å². The van der Waals surface area contributed by atoms with Gasteiger partial charge in [-0.05, 0) is 51.5 Å². The van der Waals surface area contributed by atoms with E-state index >= 15 is 0 Å². The summed E-state index contributed by atoms with van der Waals surface area (Å²) < 4.78 is 73.9. The van der Waals surface area contributed by atoms with Crippen molar-refractivity contribution in [3.05, 3.63) is 0 Å². The van der Waals surface area contributed by atoms with Crippen molar-refractivity contribution in [3.8, 4) is 0 Å². The molecule has 1 unspecified atom stereocenters. The van der Waals surface area contributed by atoms with E-state index in [-0.39, 0.29) is 31.2 Å². The minimum absolute atomic E-state index is 0.0220. The van der Waals surface area contributed by atoms with Crippen LogP contribution < -0.4 is 5.32 Å². The Hall–Kier alpha value is -0.460. The Kier molecular flexibility index (Phi) is 6.16. The summed E-state index contributed by atoms with van der Waals surface area (Å²) in [4.78, 5) is 0. The summed E-state index contributed by atoms with van der Waals surface area (Å²) in [7, 11) is 1.66. The van der Waals surface area contributed by atoms with Crippen molar-refractivity contribution in [1.82, 2.24) is 5.32 Å². The Morgan fingerprint density at radius 3 is 1.95 bits per heavy atom. The molecular formula is C13H21F6N. The molecule has 0 saturated heterocycles. The van der Waals surface area contributed by atoms with Crippen molar-refractivity contribution in [2.24, 2.45) is 11.8 Å². The molecule has 1 nitrogen and oxygen atoms in total. The third-order valence-corrected chi connectivity index (χ3v) is 4.15. The highest BCUT2D eigenvalue weighted by Crippen LogP contribution is 2.41. The van der Waals surface area contributed by atoms with Crippen molar-refractivity contribution in [2.75, 3.05) is 7.05 Å². The standard InChI is InChI=1S/C13H21F6N/c1-20-11(3-2-8-12(14,15)16)9-4-6-10(7-5-9)13(17,18)19/h9-11,20H,2-8H2,1H3. The van der Waals surface area contributed by atoms with Gasteiger partial charge in [0, 0.05) is 12.5 Å². The van der Waals surface area contributed by atoms with E-state index in [0.29, 0.717) is 19.3 Å². The molecule has 0 aromatic carbocycles. The predicted molar refractivity (Wildman–Crippen MR) is 64.3 cm³/mol. The number of hydrogen-bond acceptors (Lipinski definition) is 1. The van der Waals surface area contributed by atoms with Crippen molar-refractivity contribution in [2.45, 2.75) is 63.3 Å². The maximum Gasteiger partial charge on any atom is 0.391 e. The van der Waals surface area contributed by atoms with Gasteiger partial charge in [-0.1, -0.05) is 0 Å². The molecule has 1 N–H and O–H groups in total. The molecule has 1 saturated carbocycles. The van der Waals surface area contributed by atoms with Crippen molar-refractivity contribution < 1.29 is 26.3 Å². The van der Waals surface area contributed by atoms with Gasteiger partial charge in [0.25, 0.3) is 0 Å². The molecule has 0 aromatic heterocycles. The molecule has 7 heteroatoms. The third kappa shape index (κ3) is 5.89. The van der Waals surface area contributed by atoms with Crippen LogP contribution in [-0.4, -0.2) is 25.4 Å². The lowest BCUT2D eigenvalue weighted by Gasteiger charge is -2.34. The van der Waals surface area contributed by atoms with Gasteiger partial charge in [-0.3, -0.25) is 0 Å². The van der Waals surface area contributed by atoms with Gasteiger partial charge in [-0.25, -0.2) is 0 Å². The lowest BCUT2D eigenvalue weighted by molar-refractivity contribution is -0.184. The number of rotatable bonds is 5. The highest BCUT2D eigenvalue weighted by Gasteiger charge is 2.42. The van der Waals surface area contributed by atoms with E-state index in [0.717, 1.165) is 0 Å². The van der Waals surface area contributed by atoms with Crippen LogP contribution in [0.25, 0.3) is 0 Å². The fourth-order valence-electron chi connectivity index (χ4n) is 2.99. The second kappa shape index (κ2) is 7.00. The van der Waals surface area contributed by atoms with Gasteiger partial charge in [0.1, 0.15) is 0 Å². The van der Waals surface area contributed by atoms with Crippen molar-refractivity contribution >= 4 is 0 Å². The van der Waals surface area contributed by atoms with E-state index in [9.17, 15) is 26.3 Å². The smallest absolute Gasteiger partial charge is 0.317 e. The van der Waals surface area contributed by atoms with Crippen LogP contribution in [-0.2, 0) is 0 Å². The average Bonchev–Trinajstić information content (AvgIpc) is 2.32. The zero-order valence-electron chi connectivity index (χ0n) is 11.4. The maximum absolute atomic E-state index is 12.5. The summed E-state index contributed by atoms with van der Waals surface area (Å²) in [6.45, 7) is 0. The molecule has 0 aromatic rings. The van der Waals surface area contributed by atoms with Crippen molar-refractivity contribution in [3.63, 3.8) is 0 Å². The first-order valence-corrected chi connectivity index (χ1v) is 6.94. The van der Waals surface area contributed by atoms with E-state index in [1.54, 1.807) is 7.05 Å². The Morgan fingerprint density at radius 1 is 1.00 bits per heavy atom. The quantitative estimate of drug-likeness (QED) is 0.727. The molecule has 0 amide bonds. The molecule has 1 fully saturated rings. The average molecular weight is 305 g/mol. The van der Waals surface area contributed by atoms with E-state index < -0.39 is 24.7 Å². The van der Waals surface area contributed by atoms with Gasteiger partial charge in [-0.2, -0.15) is 26.3 Å². The Morgan fingerprint density at radius 2 is 1.55 bits per heavy atom. The van der Waals surface area contributed by atoms with Crippen LogP contribution in [0.2, 0.25) is 0 Å². The first-order valence-electron chi connectivity index (χ1n) is 6.94. The summed E-state index contributed by atoms with van der Waals surface area (Å²) in [6, 6.07) is -0.119. The number of alkyl halides is 6. The summed E-state index contributed by atoms with van der Waals surface area (Å²) >= 11 is 0. The van der Waals surface area contributed by atoms with E-state index in [1.165, 1.54) is 0 Å². The van der Waals surface area contributed by atoms with Crippen LogP contribution >= 0.6 is 0 Å². The minimum Gasteiger partial charge on any atom is -0.317 e. The SMILES string of the molecule is CNC(CCCC(F)(F)F)C1CCC(C(F)(F)F)CC1. The molecule has 20 heavy (non-hydrogen) atoms. The highest BCUT2D eigenvalue weighted by molar-refractivity contribution is 4.83. The lowest BCUT2D eigenvalue weighted by atomic mass is 9.77. The van der Waals surface area contributed by atoms with Crippen LogP contribution in [0, 0.1) is 11.8 Å². The molecule has 1 rings (SSSR count). The van der Waals surface area contributed by atoms with E-state index in [4.69, 9.17) is 0 Å². The number of halogens is 6. The monoisotopic (exact) mass is 305 g/mol. The zero-order valence-corrected chi connectivity index (χ0v) is 11.4. The molecular weight excluding hydrogens is 284 g/mol. The highest BCUT2D eigenvalue weighted by atomic mass is 19.4. The summed E-state index contributed by atoms with van der Waals surface area (Å²) in [5, 5.41) is 2.96. The molecule has 0 bridgehead atoms. The number of nitrogens with one attached hydrogen (secondary N) is 1. The van der Waals surface area contributed by atoms with Crippen molar-refractivity contribution in [1.29, 1.82) is 0 Å². The van der Waals surface area contributed by atoms with Gasteiger partial charge >= 0.3 is 12.4 Å². The lowest BCUT2D eigenvalue weighted by Crippen LogP contribution is -2.38. The third-order valence-electron chi connectivity index (χ3n) is 4.15. The minimum atomic E-state index is -4.16. The van der Waals surface area contributed by atoms with E-state index in [2.05, 4.69) is 5.32 Å². The van der Waals surface area contributed by atoms with Crippen LogP contribution in [0.3, 0.4) is 0 Å². The molecule has 0 aliphatic heterocycles. The number of hydrogen-bond donors (Lipinski definition) is 1. The Bertz CT molecular complexity index is 275. The van der Waals surface area contributed by atoms with Crippen LogP contribution in [0.1, 0.15) is 44.9 Å². The normalized spacial score (nSPS) is 26.6. The van der Waals surface area contributed by atoms with Crippen LogP contribution in [0.15, 0.2) is 0 Å². The maximum atomic E-state index is 12.5. The van der Waals surface area contributed by atoms with Crippen LogP contribution in [0.5, 0.6) is 0 Å².